The predicted molar refractivity (Wildman–Crippen MR) is 81.2 cm³/mol. The summed E-state index contributed by atoms with van der Waals surface area (Å²) >= 11 is 0. The third-order valence-electron chi connectivity index (χ3n) is 3.62. The molecule has 0 fully saturated rings. The van der Waals surface area contributed by atoms with Crippen LogP contribution in [0.2, 0.25) is 0 Å². The van der Waals surface area contributed by atoms with Gasteiger partial charge in [-0.25, -0.2) is 0 Å². The van der Waals surface area contributed by atoms with E-state index < -0.39 is 0 Å². The summed E-state index contributed by atoms with van der Waals surface area (Å²) in [6.45, 7) is 11.0. The van der Waals surface area contributed by atoms with Crippen molar-refractivity contribution in [3.8, 4) is 0 Å². The second-order valence-electron chi connectivity index (χ2n) is 5.97. The highest BCUT2D eigenvalue weighted by Gasteiger charge is 2.32. The van der Waals surface area contributed by atoms with Crippen LogP contribution in [0.1, 0.15) is 45.7 Å². The molecular formula is C16H22N2O. The van der Waals surface area contributed by atoms with Crippen molar-refractivity contribution in [1.29, 1.82) is 0 Å². The van der Waals surface area contributed by atoms with Gasteiger partial charge >= 0.3 is 0 Å². The topological polar surface area (TPSA) is 35.8 Å². The maximum Gasteiger partial charge on any atom is 0.0734 e. The summed E-state index contributed by atoms with van der Waals surface area (Å²) < 4.78 is 0. The number of allylic oxidation sites excluding steroid dienone is 1. The number of hydrogen-bond donors (Lipinski definition) is 1. The molecule has 0 aromatic heterocycles. The van der Waals surface area contributed by atoms with Crippen LogP contribution in [0.3, 0.4) is 0 Å². The van der Waals surface area contributed by atoms with E-state index in [-0.39, 0.29) is 5.54 Å². The summed E-state index contributed by atoms with van der Waals surface area (Å²) in [5.74, 6) is 0. The van der Waals surface area contributed by atoms with Crippen LogP contribution in [0.15, 0.2) is 29.4 Å². The minimum atomic E-state index is 0.0117. The minimum absolute atomic E-state index is 0.0117. The highest BCUT2D eigenvalue weighted by atomic mass is 16.4. The van der Waals surface area contributed by atoms with E-state index in [1.165, 1.54) is 23.0 Å². The number of anilines is 1. The van der Waals surface area contributed by atoms with E-state index in [1.54, 1.807) is 0 Å². The van der Waals surface area contributed by atoms with Crippen LogP contribution < -0.4 is 4.90 Å². The normalized spacial score (nSPS) is 17.8. The van der Waals surface area contributed by atoms with Crippen molar-refractivity contribution in [3.63, 3.8) is 0 Å². The van der Waals surface area contributed by atoms with Gasteiger partial charge in [-0.1, -0.05) is 17.3 Å². The number of rotatable bonds is 2. The van der Waals surface area contributed by atoms with Gasteiger partial charge in [0.05, 0.1) is 11.8 Å². The Morgan fingerprint density at radius 2 is 2.00 bits per heavy atom. The van der Waals surface area contributed by atoms with Gasteiger partial charge in [-0.3, -0.25) is 0 Å². The fourth-order valence-corrected chi connectivity index (χ4v) is 3.16. The molecule has 1 aromatic carbocycles. The summed E-state index contributed by atoms with van der Waals surface area (Å²) in [5.41, 5.74) is 4.65. The standard InChI is InChI=1S/C16H22N2O/c1-11(2)18-15-7-6-13(10-17-19)8-14(15)12(3)9-16(18,4)5/h6-11,19H,1-5H3/b17-10-. The first-order valence-electron chi connectivity index (χ1n) is 6.67. The van der Waals surface area contributed by atoms with E-state index in [9.17, 15) is 0 Å². The number of nitrogens with zero attached hydrogens (tertiary/aromatic N) is 2. The van der Waals surface area contributed by atoms with E-state index >= 15 is 0 Å². The first-order chi connectivity index (χ1) is 8.86. The number of fused-ring (bicyclic) bond motifs is 1. The van der Waals surface area contributed by atoms with Gasteiger partial charge in [-0.15, -0.1) is 0 Å². The van der Waals surface area contributed by atoms with Crippen molar-refractivity contribution in [2.45, 2.75) is 46.2 Å². The van der Waals surface area contributed by atoms with Gasteiger partial charge in [0.1, 0.15) is 0 Å². The molecular weight excluding hydrogens is 236 g/mol. The molecule has 2 rings (SSSR count). The van der Waals surface area contributed by atoms with Gasteiger partial charge in [0.2, 0.25) is 0 Å². The molecule has 0 spiro atoms. The molecule has 0 unspecified atom stereocenters. The SMILES string of the molecule is CC1=CC(C)(C)N(C(C)C)c2ccc(/C=N\O)cc21. The molecule has 0 bridgehead atoms. The molecule has 1 aliphatic heterocycles. The molecule has 1 aliphatic rings. The summed E-state index contributed by atoms with van der Waals surface area (Å²) in [5, 5.41) is 11.8. The van der Waals surface area contributed by atoms with E-state index in [2.05, 4.69) is 62.9 Å². The lowest BCUT2D eigenvalue weighted by atomic mass is 9.87. The molecule has 19 heavy (non-hydrogen) atoms. The first-order valence-corrected chi connectivity index (χ1v) is 6.67. The molecule has 0 saturated heterocycles. The second kappa shape index (κ2) is 4.72. The van der Waals surface area contributed by atoms with Crippen LogP contribution in [-0.4, -0.2) is 23.0 Å². The Kier molecular flexibility index (Phi) is 3.40. The fraction of sp³-hybridized carbons (Fsp3) is 0.438. The lowest BCUT2D eigenvalue weighted by molar-refractivity contribution is 0.322. The molecule has 1 N–H and O–H groups in total. The zero-order valence-electron chi connectivity index (χ0n) is 12.3. The quantitative estimate of drug-likeness (QED) is 0.496. The first kappa shape index (κ1) is 13.7. The Morgan fingerprint density at radius 3 is 2.58 bits per heavy atom. The van der Waals surface area contributed by atoms with Gasteiger partial charge in [0.15, 0.2) is 0 Å². The molecule has 0 radical (unpaired) electrons. The lowest BCUT2D eigenvalue weighted by Gasteiger charge is -2.46. The van der Waals surface area contributed by atoms with Crippen LogP contribution in [0.4, 0.5) is 5.69 Å². The summed E-state index contributed by atoms with van der Waals surface area (Å²) in [4.78, 5) is 2.43. The van der Waals surface area contributed by atoms with Crippen molar-refractivity contribution in [3.05, 3.63) is 35.4 Å². The fourth-order valence-electron chi connectivity index (χ4n) is 3.16. The maximum atomic E-state index is 8.66. The van der Waals surface area contributed by atoms with E-state index in [4.69, 9.17) is 5.21 Å². The van der Waals surface area contributed by atoms with E-state index in [0.717, 1.165) is 5.56 Å². The highest BCUT2D eigenvalue weighted by Crippen LogP contribution is 2.40. The van der Waals surface area contributed by atoms with Crippen molar-refractivity contribution in [2.75, 3.05) is 4.90 Å². The second-order valence-corrected chi connectivity index (χ2v) is 5.97. The molecule has 3 nitrogen and oxygen atoms in total. The molecule has 3 heteroatoms. The largest absolute Gasteiger partial charge is 0.411 e. The predicted octanol–water partition coefficient (Wildman–Crippen LogP) is 3.91. The van der Waals surface area contributed by atoms with Gasteiger partial charge in [0.25, 0.3) is 0 Å². The van der Waals surface area contributed by atoms with Crippen LogP contribution in [-0.2, 0) is 0 Å². The summed E-state index contributed by atoms with van der Waals surface area (Å²) in [7, 11) is 0. The number of benzene rings is 1. The molecule has 1 heterocycles. The highest BCUT2D eigenvalue weighted by molar-refractivity contribution is 5.87. The van der Waals surface area contributed by atoms with Crippen molar-refractivity contribution < 1.29 is 5.21 Å². The van der Waals surface area contributed by atoms with Gasteiger partial charge in [-0.05, 0) is 57.9 Å². The molecule has 0 amide bonds. The monoisotopic (exact) mass is 258 g/mol. The number of oxime groups is 1. The molecule has 0 aliphatic carbocycles. The average molecular weight is 258 g/mol. The van der Waals surface area contributed by atoms with Gasteiger partial charge < -0.3 is 10.1 Å². The molecule has 102 valence electrons. The summed E-state index contributed by atoms with van der Waals surface area (Å²) in [6, 6.07) is 6.61. The Balaban J connectivity index is 2.61. The van der Waals surface area contributed by atoms with E-state index in [1.807, 2.05) is 6.07 Å². The van der Waals surface area contributed by atoms with Gasteiger partial charge in [0, 0.05) is 17.3 Å². The average Bonchev–Trinajstić information content (AvgIpc) is 2.28. The van der Waals surface area contributed by atoms with Crippen LogP contribution in [0.5, 0.6) is 0 Å². The van der Waals surface area contributed by atoms with Crippen LogP contribution in [0.25, 0.3) is 5.57 Å². The third-order valence-corrected chi connectivity index (χ3v) is 3.62. The minimum Gasteiger partial charge on any atom is -0.411 e. The Bertz CT molecular complexity index is 542. The Hall–Kier alpha value is -1.77. The lowest BCUT2D eigenvalue weighted by Crippen LogP contribution is -2.49. The number of hydrogen-bond acceptors (Lipinski definition) is 3. The van der Waals surface area contributed by atoms with Crippen LogP contribution in [0, 0.1) is 0 Å². The summed E-state index contributed by atoms with van der Waals surface area (Å²) in [6.07, 6.45) is 3.77. The van der Waals surface area contributed by atoms with Crippen molar-refractivity contribution in [1.82, 2.24) is 0 Å². The van der Waals surface area contributed by atoms with Gasteiger partial charge in [-0.2, -0.15) is 0 Å². The molecule has 1 aromatic rings. The third kappa shape index (κ3) is 2.37. The molecule has 0 saturated carbocycles. The Morgan fingerprint density at radius 1 is 1.32 bits per heavy atom. The zero-order valence-corrected chi connectivity index (χ0v) is 12.3. The zero-order chi connectivity index (χ0) is 14.2. The van der Waals surface area contributed by atoms with Crippen LogP contribution >= 0.6 is 0 Å². The molecule has 0 atom stereocenters. The smallest absolute Gasteiger partial charge is 0.0734 e. The van der Waals surface area contributed by atoms with E-state index in [0.29, 0.717) is 6.04 Å². The van der Waals surface area contributed by atoms with Crippen molar-refractivity contribution >= 4 is 17.5 Å². The van der Waals surface area contributed by atoms with Crippen molar-refractivity contribution in [2.24, 2.45) is 5.16 Å². The maximum absolute atomic E-state index is 8.66. The Labute approximate surface area is 115 Å².